The quantitative estimate of drug-likeness (QED) is 0.305. The first kappa shape index (κ1) is 22.1. The number of halogens is 1. The van der Waals surface area contributed by atoms with Gasteiger partial charge in [0.25, 0.3) is 5.56 Å². The van der Waals surface area contributed by atoms with Gasteiger partial charge in [0.1, 0.15) is 0 Å². The zero-order valence-electron chi connectivity index (χ0n) is 18.0. The molecule has 0 aliphatic heterocycles. The summed E-state index contributed by atoms with van der Waals surface area (Å²) in [5.74, 6) is -0.100. The minimum Gasteiger partial charge on any atom is -0.325 e. The maximum absolute atomic E-state index is 13.4. The molecule has 0 radical (unpaired) electrons. The van der Waals surface area contributed by atoms with E-state index >= 15 is 0 Å². The number of nitrogens with zero attached hydrogens (tertiary/aromatic N) is 2. The van der Waals surface area contributed by atoms with E-state index in [2.05, 4.69) is 5.32 Å². The van der Waals surface area contributed by atoms with Crippen LogP contribution in [0.25, 0.3) is 16.6 Å². The van der Waals surface area contributed by atoms with Crippen molar-refractivity contribution in [3.8, 4) is 5.69 Å². The molecule has 1 N–H and O–H groups in total. The van der Waals surface area contributed by atoms with E-state index in [0.717, 1.165) is 22.4 Å². The van der Waals surface area contributed by atoms with Gasteiger partial charge in [0, 0.05) is 10.7 Å². The molecular formula is C25H22ClN3O2S. The van der Waals surface area contributed by atoms with E-state index in [4.69, 9.17) is 16.6 Å². The first-order valence-electron chi connectivity index (χ1n) is 10.1. The fourth-order valence-corrected chi connectivity index (χ4v) is 4.50. The van der Waals surface area contributed by atoms with Crippen molar-refractivity contribution in [1.82, 2.24) is 9.55 Å². The third kappa shape index (κ3) is 4.56. The summed E-state index contributed by atoms with van der Waals surface area (Å²) in [5.41, 5.74) is 4.87. The number of aromatic nitrogens is 2. The van der Waals surface area contributed by atoms with Gasteiger partial charge < -0.3 is 5.32 Å². The third-order valence-electron chi connectivity index (χ3n) is 5.14. The van der Waals surface area contributed by atoms with Crippen LogP contribution in [-0.4, -0.2) is 21.2 Å². The molecule has 1 amide bonds. The van der Waals surface area contributed by atoms with E-state index < -0.39 is 0 Å². The van der Waals surface area contributed by atoms with Crippen molar-refractivity contribution in [2.75, 3.05) is 11.1 Å². The van der Waals surface area contributed by atoms with Crippen LogP contribution < -0.4 is 10.9 Å². The van der Waals surface area contributed by atoms with Crippen molar-refractivity contribution in [1.29, 1.82) is 0 Å². The summed E-state index contributed by atoms with van der Waals surface area (Å²) in [7, 11) is 0. The second-order valence-electron chi connectivity index (χ2n) is 7.64. The van der Waals surface area contributed by atoms with Crippen molar-refractivity contribution in [2.24, 2.45) is 0 Å². The second kappa shape index (κ2) is 9.18. The third-order valence-corrected chi connectivity index (χ3v) is 6.32. The highest BCUT2D eigenvalue weighted by molar-refractivity contribution is 7.99. The van der Waals surface area contributed by atoms with Crippen molar-refractivity contribution < 1.29 is 4.79 Å². The minimum absolute atomic E-state index is 0.0989. The number of benzene rings is 3. The number of hydrogen-bond acceptors (Lipinski definition) is 4. The molecule has 0 aliphatic carbocycles. The van der Waals surface area contributed by atoms with Crippen LogP contribution in [0.15, 0.2) is 70.6 Å². The molecule has 1 heterocycles. The van der Waals surface area contributed by atoms with E-state index in [1.54, 1.807) is 22.8 Å². The Labute approximate surface area is 195 Å². The Balaban J connectivity index is 1.70. The smallest absolute Gasteiger partial charge is 0.266 e. The summed E-state index contributed by atoms with van der Waals surface area (Å²) < 4.78 is 1.60. The number of anilines is 1. The molecule has 0 atom stereocenters. The van der Waals surface area contributed by atoms with Crippen molar-refractivity contribution in [2.45, 2.75) is 25.9 Å². The predicted octanol–water partition coefficient (Wildman–Crippen LogP) is 5.70. The summed E-state index contributed by atoms with van der Waals surface area (Å²) in [6.45, 7) is 5.88. The highest BCUT2D eigenvalue weighted by Crippen LogP contribution is 2.25. The number of carbonyl (C=O) groups is 1. The van der Waals surface area contributed by atoms with Gasteiger partial charge >= 0.3 is 0 Å². The van der Waals surface area contributed by atoms with Gasteiger partial charge in [0.2, 0.25) is 5.91 Å². The molecule has 0 unspecified atom stereocenters. The highest BCUT2D eigenvalue weighted by Gasteiger charge is 2.16. The number of para-hydroxylation sites is 1. The summed E-state index contributed by atoms with van der Waals surface area (Å²) in [6, 6.07) is 18.5. The zero-order chi connectivity index (χ0) is 22.8. The van der Waals surface area contributed by atoms with Crippen LogP contribution in [0, 0.1) is 20.8 Å². The maximum Gasteiger partial charge on any atom is 0.266 e. The number of rotatable bonds is 5. The molecule has 0 fully saturated rings. The fraction of sp³-hybridized carbons (Fsp3) is 0.160. The van der Waals surface area contributed by atoms with E-state index in [-0.39, 0.29) is 17.2 Å². The topological polar surface area (TPSA) is 64.0 Å². The zero-order valence-corrected chi connectivity index (χ0v) is 19.6. The predicted molar refractivity (Wildman–Crippen MR) is 132 cm³/mol. The molecule has 4 rings (SSSR count). The monoisotopic (exact) mass is 463 g/mol. The molecule has 0 bridgehead atoms. The lowest BCUT2D eigenvalue weighted by atomic mass is 10.1. The number of nitrogens with one attached hydrogen (secondary N) is 1. The minimum atomic E-state index is -0.199. The van der Waals surface area contributed by atoms with Gasteiger partial charge in [-0.25, -0.2) is 4.98 Å². The lowest BCUT2D eigenvalue weighted by Crippen LogP contribution is -2.23. The SMILES string of the molecule is Cc1ccc(-n2c(SCC(=O)Nc3cc(Cl)ccc3C)nc3ccccc3c2=O)c(C)c1. The van der Waals surface area contributed by atoms with Crippen LogP contribution in [-0.2, 0) is 4.79 Å². The van der Waals surface area contributed by atoms with Gasteiger partial charge in [-0.2, -0.15) is 0 Å². The fourth-order valence-electron chi connectivity index (χ4n) is 3.52. The van der Waals surface area contributed by atoms with E-state index in [9.17, 15) is 9.59 Å². The summed E-state index contributed by atoms with van der Waals surface area (Å²) >= 11 is 7.28. The summed E-state index contributed by atoms with van der Waals surface area (Å²) in [4.78, 5) is 30.8. The molecule has 4 aromatic rings. The van der Waals surface area contributed by atoms with Crippen LogP contribution in [0.3, 0.4) is 0 Å². The van der Waals surface area contributed by atoms with Crippen LogP contribution >= 0.6 is 23.4 Å². The first-order chi connectivity index (χ1) is 15.3. The molecule has 5 nitrogen and oxygen atoms in total. The second-order valence-corrected chi connectivity index (χ2v) is 9.02. The van der Waals surface area contributed by atoms with E-state index in [1.807, 2.05) is 63.2 Å². The Hall–Kier alpha value is -3.09. The van der Waals surface area contributed by atoms with Crippen molar-refractivity contribution in [3.05, 3.63) is 92.7 Å². The van der Waals surface area contributed by atoms with Crippen molar-refractivity contribution >= 4 is 45.9 Å². The summed E-state index contributed by atoms with van der Waals surface area (Å²) in [6.07, 6.45) is 0. The van der Waals surface area contributed by atoms with Gasteiger partial charge in [-0.1, -0.05) is 59.3 Å². The highest BCUT2D eigenvalue weighted by atomic mass is 35.5. The number of thioether (sulfide) groups is 1. The van der Waals surface area contributed by atoms with Crippen LogP contribution in [0.5, 0.6) is 0 Å². The van der Waals surface area contributed by atoms with Gasteiger partial charge in [-0.15, -0.1) is 0 Å². The van der Waals surface area contributed by atoms with Gasteiger partial charge in [0.05, 0.1) is 22.3 Å². The lowest BCUT2D eigenvalue weighted by molar-refractivity contribution is -0.113. The molecule has 0 spiro atoms. The average molecular weight is 464 g/mol. The lowest BCUT2D eigenvalue weighted by Gasteiger charge is -2.16. The van der Waals surface area contributed by atoms with Gasteiger partial charge in [0.15, 0.2) is 5.16 Å². The van der Waals surface area contributed by atoms with Gasteiger partial charge in [-0.3, -0.25) is 14.2 Å². The maximum atomic E-state index is 13.4. The molecule has 1 aromatic heterocycles. The number of aryl methyl sites for hydroxylation is 3. The molecule has 0 saturated carbocycles. The summed E-state index contributed by atoms with van der Waals surface area (Å²) in [5, 5.41) is 4.45. The molecule has 3 aromatic carbocycles. The Kier molecular flexibility index (Phi) is 6.35. The molecule has 7 heteroatoms. The normalized spacial score (nSPS) is 11.0. The Morgan fingerprint density at radius 1 is 1.03 bits per heavy atom. The van der Waals surface area contributed by atoms with E-state index in [0.29, 0.717) is 26.8 Å². The molecular weight excluding hydrogens is 442 g/mol. The standard InChI is InChI=1S/C25H22ClN3O2S/c1-15-8-11-22(17(3)12-15)29-24(31)19-6-4-5-7-20(19)28-25(29)32-14-23(30)27-21-13-18(26)10-9-16(21)2/h4-13H,14H2,1-3H3,(H,27,30). The van der Waals surface area contributed by atoms with Crippen LogP contribution in [0.1, 0.15) is 16.7 Å². The van der Waals surface area contributed by atoms with E-state index in [1.165, 1.54) is 11.8 Å². The molecule has 0 saturated heterocycles. The number of amides is 1. The average Bonchev–Trinajstić information content (AvgIpc) is 2.76. The number of fused-ring (bicyclic) bond motifs is 1. The number of carbonyl (C=O) groups excluding carboxylic acids is 1. The Morgan fingerprint density at radius 3 is 2.59 bits per heavy atom. The Morgan fingerprint density at radius 2 is 1.81 bits per heavy atom. The molecule has 0 aliphatic rings. The first-order valence-corrected chi connectivity index (χ1v) is 11.5. The van der Waals surface area contributed by atoms with Gasteiger partial charge in [-0.05, 0) is 62.2 Å². The molecule has 32 heavy (non-hydrogen) atoms. The largest absolute Gasteiger partial charge is 0.325 e. The van der Waals surface area contributed by atoms with Crippen molar-refractivity contribution in [3.63, 3.8) is 0 Å². The Bertz CT molecular complexity index is 1400. The molecule has 162 valence electrons. The number of hydrogen-bond donors (Lipinski definition) is 1. The van der Waals surface area contributed by atoms with Crippen LogP contribution in [0.4, 0.5) is 5.69 Å². The van der Waals surface area contributed by atoms with Crippen LogP contribution in [0.2, 0.25) is 5.02 Å².